The number of halogens is 6. The van der Waals surface area contributed by atoms with E-state index in [1.165, 1.54) is 18.2 Å². The van der Waals surface area contributed by atoms with Gasteiger partial charge in [-0.25, -0.2) is 8.42 Å². The predicted octanol–water partition coefficient (Wildman–Crippen LogP) is 2.42. The van der Waals surface area contributed by atoms with Gasteiger partial charge in [0.05, 0.1) is 4.90 Å². The topological polar surface area (TPSA) is 124 Å². The summed E-state index contributed by atoms with van der Waals surface area (Å²) in [6.07, 6.45) is -11.2. The van der Waals surface area contributed by atoms with E-state index in [1.54, 1.807) is 0 Å². The summed E-state index contributed by atoms with van der Waals surface area (Å²) in [5, 5.41) is 21.0. The first-order valence-corrected chi connectivity index (χ1v) is 11.8. The van der Waals surface area contributed by atoms with Crippen molar-refractivity contribution >= 4 is 27.3 Å². The van der Waals surface area contributed by atoms with Crippen molar-refractivity contribution in [1.82, 2.24) is 4.90 Å². The van der Waals surface area contributed by atoms with Gasteiger partial charge in [-0.05, 0) is 35.4 Å². The second-order valence-corrected chi connectivity index (χ2v) is 10.0. The molecule has 0 aromatic heterocycles. The molecule has 0 bridgehead atoms. The van der Waals surface area contributed by atoms with Crippen LogP contribution in [0.5, 0.6) is 0 Å². The highest BCUT2D eigenvalue weighted by molar-refractivity contribution is 7.90. The summed E-state index contributed by atoms with van der Waals surface area (Å²) in [4.78, 5) is 26.0. The van der Waals surface area contributed by atoms with Crippen molar-refractivity contribution in [2.45, 2.75) is 35.4 Å². The molecular formula is C21H18F6N2O6S. The number of hydrogen-bond acceptors (Lipinski definition) is 6. The van der Waals surface area contributed by atoms with Crippen LogP contribution in [0.4, 0.5) is 32.0 Å². The summed E-state index contributed by atoms with van der Waals surface area (Å²) < 4.78 is 102. The van der Waals surface area contributed by atoms with Gasteiger partial charge in [-0.15, -0.1) is 0 Å². The van der Waals surface area contributed by atoms with E-state index in [4.69, 9.17) is 0 Å². The Morgan fingerprint density at radius 3 is 2.06 bits per heavy atom. The van der Waals surface area contributed by atoms with E-state index in [9.17, 15) is 54.6 Å². The first-order valence-electron chi connectivity index (χ1n) is 9.92. The highest BCUT2D eigenvalue weighted by Gasteiger charge is 2.71. The van der Waals surface area contributed by atoms with E-state index < -0.39 is 57.8 Å². The lowest BCUT2D eigenvalue weighted by atomic mass is 9.92. The molecule has 36 heavy (non-hydrogen) atoms. The molecular weight excluding hydrogens is 522 g/mol. The van der Waals surface area contributed by atoms with Crippen LogP contribution in [-0.4, -0.2) is 60.6 Å². The Hall–Kier alpha value is -3.17. The lowest BCUT2D eigenvalue weighted by Gasteiger charge is -2.32. The summed E-state index contributed by atoms with van der Waals surface area (Å²) in [6, 6.07) is 4.45. The largest absolute Gasteiger partial charge is 0.430 e. The predicted molar refractivity (Wildman–Crippen MR) is 111 cm³/mol. The van der Waals surface area contributed by atoms with Crippen LogP contribution in [0, 0.1) is 0 Å². The van der Waals surface area contributed by atoms with E-state index in [0.29, 0.717) is 24.3 Å². The minimum atomic E-state index is -6.08. The number of amides is 2. The lowest BCUT2D eigenvalue weighted by molar-refractivity contribution is -0.376. The van der Waals surface area contributed by atoms with E-state index in [0.717, 1.165) is 11.2 Å². The Kier molecular flexibility index (Phi) is 6.89. The molecule has 0 aliphatic carbocycles. The van der Waals surface area contributed by atoms with Crippen LogP contribution in [0.2, 0.25) is 0 Å². The molecule has 2 amide bonds. The molecule has 1 aliphatic heterocycles. The SMILES string of the molecule is CS(=O)(=O)c1ccc2c(c1)CN(C(=O)CO)C2C(=O)Nc1ccc(C(O)(C(F)(F)F)C(F)(F)F)cc1. The normalized spacial score (nSPS) is 16.6. The number of fused-ring (bicyclic) bond motifs is 1. The summed E-state index contributed by atoms with van der Waals surface area (Å²) in [5.74, 6) is -1.82. The standard InChI is InChI=1S/C21H18F6N2O6S/c1-36(34,35)14-6-7-15-11(8-14)9-29(16(31)10-30)17(15)18(32)28-13-4-2-12(3-5-13)19(33,20(22,23)24)21(25,26)27/h2-8,17,30,33H,9-10H2,1H3,(H,28,32). The maximum Gasteiger partial charge on any atom is 0.430 e. The number of nitrogens with one attached hydrogen (secondary N) is 1. The number of carbonyl (C=O) groups is 2. The highest BCUT2D eigenvalue weighted by atomic mass is 32.2. The monoisotopic (exact) mass is 540 g/mol. The molecule has 2 aromatic rings. The number of alkyl halides is 6. The summed E-state index contributed by atoms with van der Waals surface area (Å²) in [7, 11) is -3.63. The fourth-order valence-electron chi connectivity index (χ4n) is 3.76. The number of rotatable bonds is 5. The van der Waals surface area contributed by atoms with Gasteiger partial charge in [0.2, 0.25) is 5.91 Å². The first kappa shape index (κ1) is 27.4. The van der Waals surface area contributed by atoms with Gasteiger partial charge >= 0.3 is 12.4 Å². The minimum Gasteiger partial charge on any atom is -0.387 e. The fourth-order valence-corrected chi connectivity index (χ4v) is 4.43. The number of aliphatic hydroxyl groups excluding tert-OH is 1. The first-order chi connectivity index (χ1) is 16.4. The summed E-state index contributed by atoms with van der Waals surface area (Å²) in [6.45, 7) is -1.22. The molecule has 196 valence electrons. The van der Waals surface area contributed by atoms with Crippen LogP contribution < -0.4 is 5.32 Å². The molecule has 0 spiro atoms. The van der Waals surface area contributed by atoms with Crippen LogP contribution in [0.3, 0.4) is 0 Å². The summed E-state index contributed by atoms with van der Waals surface area (Å²) in [5.41, 5.74) is -6.43. The van der Waals surface area contributed by atoms with Crippen molar-refractivity contribution in [2.24, 2.45) is 0 Å². The number of carbonyl (C=O) groups excluding carboxylic acids is 2. The quantitative estimate of drug-likeness (QED) is 0.501. The smallest absolute Gasteiger partial charge is 0.387 e. The van der Waals surface area contributed by atoms with Gasteiger partial charge in [-0.3, -0.25) is 9.59 Å². The Labute approximate surface area is 200 Å². The Bertz CT molecular complexity index is 1280. The molecule has 1 heterocycles. The molecule has 2 aromatic carbocycles. The Morgan fingerprint density at radius 2 is 1.58 bits per heavy atom. The van der Waals surface area contributed by atoms with Crippen molar-refractivity contribution < 1.29 is 54.6 Å². The minimum absolute atomic E-state index is 0.0869. The van der Waals surface area contributed by atoms with Crippen molar-refractivity contribution in [3.63, 3.8) is 0 Å². The van der Waals surface area contributed by atoms with Crippen LogP contribution in [0.1, 0.15) is 22.7 Å². The number of aliphatic hydroxyl groups is 2. The molecule has 1 atom stereocenters. The highest BCUT2D eigenvalue weighted by Crippen LogP contribution is 2.50. The van der Waals surface area contributed by atoms with Crippen molar-refractivity contribution in [3.05, 3.63) is 59.2 Å². The number of sulfone groups is 1. The third kappa shape index (κ3) is 4.77. The van der Waals surface area contributed by atoms with Crippen molar-refractivity contribution in [3.8, 4) is 0 Å². The fraction of sp³-hybridized carbons (Fsp3) is 0.333. The second-order valence-electron chi connectivity index (χ2n) is 7.99. The molecule has 0 fully saturated rings. The molecule has 1 aliphatic rings. The maximum absolute atomic E-state index is 13.1. The van der Waals surface area contributed by atoms with E-state index >= 15 is 0 Å². The average molecular weight is 540 g/mol. The second kappa shape index (κ2) is 9.05. The van der Waals surface area contributed by atoms with Gasteiger partial charge in [0.1, 0.15) is 12.6 Å². The molecule has 0 radical (unpaired) electrons. The molecule has 1 unspecified atom stereocenters. The van der Waals surface area contributed by atoms with Crippen LogP contribution in [0.15, 0.2) is 47.4 Å². The number of anilines is 1. The number of hydrogen-bond donors (Lipinski definition) is 3. The zero-order chi connectivity index (χ0) is 27.3. The van der Waals surface area contributed by atoms with Gasteiger partial charge in [0.25, 0.3) is 11.5 Å². The Morgan fingerprint density at radius 1 is 1.03 bits per heavy atom. The molecule has 15 heteroatoms. The van der Waals surface area contributed by atoms with Crippen LogP contribution in [-0.2, 0) is 31.6 Å². The average Bonchev–Trinajstić information content (AvgIpc) is 3.15. The number of nitrogens with zero attached hydrogens (tertiary/aromatic N) is 1. The summed E-state index contributed by atoms with van der Waals surface area (Å²) >= 11 is 0. The zero-order valence-corrected chi connectivity index (χ0v) is 19.0. The van der Waals surface area contributed by atoms with E-state index in [2.05, 4.69) is 5.32 Å². The van der Waals surface area contributed by atoms with E-state index in [1.807, 2.05) is 0 Å². The zero-order valence-electron chi connectivity index (χ0n) is 18.2. The van der Waals surface area contributed by atoms with E-state index in [-0.39, 0.29) is 28.3 Å². The Balaban J connectivity index is 1.93. The van der Waals surface area contributed by atoms with Gasteiger partial charge in [0, 0.05) is 24.1 Å². The molecule has 0 saturated carbocycles. The van der Waals surface area contributed by atoms with Gasteiger partial charge in [0.15, 0.2) is 9.84 Å². The third-order valence-electron chi connectivity index (χ3n) is 5.58. The van der Waals surface area contributed by atoms with Crippen molar-refractivity contribution in [2.75, 3.05) is 18.2 Å². The molecule has 3 rings (SSSR count). The van der Waals surface area contributed by atoms with Crippen LogP contribution in [0.25, 0.3) is 0 Å². The van der Waals surface area contributed by atoms with Gasteiger partial charge in [-0.2, -0.15) is 26.3 Å². The van der Waals surface area contributed by atoms with Gasteiger partial charge < -0.3 is 20.4 Å². The molecule has 0 saturated heterocycles. The lowest BCUT2D eigenvalue weighted by Crippen LogP contribution is -2.53. The number of benzene rings is 2. The van der Waals surface area contributed by atoms with Crippen LogP contribution >= 0.6 is 0 Å². The van der Waals surface area contributed by atoms with Crippen molar-refractivity contribution in [1.29, 1.82) is 0 Å². The van der Waals surface area contributed by atoms with Gasteiger partial charge in [-0.1, -0.05) is 18.2 Å². The third-order valence-corrected chi connectivity index (χ3v) is 6.69. The maximum atomic E-state index is 13.1. The molecule has 8 nitrogen and oxygen atoms in total. The molecule has 3 N–H and O–H groups in total.